The topological polar surface area (TPSA) is 88.0 Å². The zero-order valence-electron chi connectivity index (χ0n) is 32.1. The Balaban J connectivity index is 0.000000226. The number of aliphatic hydroxyl groups is 1. The van der Waals surface area contributed by atoms with Gasteiger partial charge in [-0.2, -0.15) is 13.2 Å². The van der Waals surface area contributed by atoms with Crippen LogP contribution in [0, 0.1) is 6.92 Å². The maximum absolute atomic E-state index is 13.0. The number of aryl methyl sites for hydroxylation is 1. The van der Waals surface area contributed by atoms with Crippen LogP contribution in [0.1, 0.15) is 39.8 Å². The van der Waals surface area contributed by atoms with Crippen LogP contribution < -0.4 is 9.47 Å². The Morgan fingerprint density at radius 2 is 1.28 bits per heavy atom. The average molecular weight is 811 g/mol. The number of rotatable bonds is 17. The van der Waals surface area contributed by atoms with Crippen molar-refractivity contribution < 1.29 is 32.5 Å². The predicted octanol–water partition coefficient (Wildman–Crippen LogP) is 9.58. The van der Waals surface area contributed by atoms with Crippen LogP contribution >= 0.6 is 11.6 Å². The maximum atomic E-state index is 13.0. The second-order valence-electron chi connectivity index (χ2n) is 13.6. The molecule has 6 rings (SSSR count). The van der Waals surface area contributed by atoms with Gasteiger partial charge >= 0.3 is 6.18 Å². The van der Waals surface area contributed by atoms with Gasteiger partial charge in [-0.05, 0) is 90.2 Å². The third-order valence-corrected chi connectivity index (χ3v) is 9.26. The van der Waals surface area contributed by atoms with E-state index < -0.39 is 30.4 Å². The highest BCUT2D eigenvalue weighted by Gasteiger charge is 2.30. The molecule has 0 spiro atoms. The first-order valence-electron chi connectivity index (χ1n) is 18.8. The molecule has 0 fully saturated rings. The summed E-state index contributed by atoms with van der Waals surface area (Å²) in [4.78, 5) is 25.1. The van der Waals surface area contributed by atoms with Crippen molar-refractivity contribution in [3.63, 3.8) is 0 Å². The minimum absolute atomic E-state index is 0.106. The molecule has 1 N–H and O–H groups in total. The van der Waals surface area contributed by atoms with Gasteiger partial charge in [0.1, 0.15) is 18.1 Å². The molecule has 1 atom stereocenters. The van der Waals surface area contributed by atoms with E-state index >= 15 is 0 Å². The Morgan fingerprint density at radius 1 is 0.707 bits per heavy atom. The lowest BCUT2D eigenvalue weighted by molar-refractivity contribution is -0.143. The van der Waals surface area contributed by atoms with Crippen molar-refractivity contribution >= 4 is 17.5 Å². The molecule has 0 saturated carbocycles. The number of pyridine rings is 2. The fourth-order valence-corrected chi connectivity index (χ4v) is 6.07. The van der Waals surface area contributed by atoms with Crippen molar-refractivity contribution in [1.82, 2.24) is 19.8 Å². The molecule has 12 heteroatoms. The number of ether oxygens (including phenoxy) is 2. The zero-order chi connectivity index (χ0) is 41.2. The van der Waals surface area contributed by atoms with Crippen LogP contribution in [0.4, 0.5) is 13.2 Å². The lowest BCUT2D eigenvalue weighted by Gasteiger charge is -2.26. The number of hydrogen-bond donors (Lipinski definition) is 1. The van der Waals surface area contributed by atoms with Crippen molar-refractivity contribution in [3.8, 4) is 11.5 Å². The first kappa shape index (κ1) is 43.4. The fourth-order valence-electron chi connectivity index (χ4n) is 5.87. The van der Waals surface area contributed by atoms with E-state index in [4.69, 9.17) is 21.1 Å². The van der Waals surface area contributed by atoms with Crippen molar-refractivity contribution in [3.05, 3.63) is 191 Å². The zero-order valence-corrected chi connectivity index (χ0v) is 32.9. The number of carbonyl (C=O) groups is 1. The molecule has 6 aromatic rings. The first-order chi connectivity index (χ1) is 28.0. The standard InChI is InChI=1S/C23H20ClF3N2O3.C23H26N2O/c24-20-6-2-1-5-17(20)14-29(13-16-4-3-11-28-12-16)22(31)21(30)15-32-19-9-7-18(8-10-19)23(25,26)27;1-20-10-12-23(13-11-20)26-16-6-15-25(18-21-7-3-2-4-8-21)19-22-9-5-14-24-17-22/h1-12,21,30H,13-15H2;2-5,7-14,17H,6,15-16,18-19H2,1H3. The summed E-state index contributed by atoms with van der Waals surface area (Å²) in [6, 6.07) is 37.6. The number of aromatic nitrogens is 2. The van der Waals surface area contributed by atoms with Crippen LogP contribution in [0.3, 0.4) is 0 Å². The number of nitrogens with zero attached hydrogens (tertiary/aromatic N) is 4. The minimum Gasteiger partial charge on any atom is -0.494 e. The van der Waals surface area contributed by atoms with Gasteiger partial charge in [0.25, 0.3) is 5.91 Å². The lowest BCUT2D eigenvalue weighted by Crippen LogP contribution is -2.41. The van der Waals surface area contributed by atoms with Gasteiger partial charge in [0.2, 0.25) is 0 Å². The van der Waals surface area contributed by atoms with Gasteiger partial charge in [-0.25, -0.2) is 0 Å². The van der Waals surface area contributed by atoms with Gasteiger partial charge in [-0.15, -0.1) is 0 Å². The van der Waals surface area contributed by atoms with Crippen LogP contribution in [-0.4, -0.2) is 56.6 Å². The SMILES string of the molecule is Cc1ccc(OCCCN(Cc2ccccc2)Cc2cccnc2)cc1.O=C(C(O)COc1ccc(C(F)(F)F)cc1)N(Cc1cccnc1)Cc1ccccc1Cl. The molecular weight excluding hydrogens is 765 g/mol. The molecule has 0 radical (unpaired) electrons. The number of halogens is 4. The Kier molecular flexibility index (Phi) is 16.6. The Bertz CT molecular complexity index is 2050. The lowest BCUT2D eigenvalue weighted by atomic mass is 10.1. The van der Waals surface area contributed by atoms with Crippen LogP contribution in [0.15, 0.2) is 152 Å². The van der Waals surface area contributed by atoms with Crippen molar-refractivity contribution in [2.24, 2.45) is 0 Å². The molecular formula is C46H46ClF3N4O4. The number of aliphatic hydroxyl groups excluding tert-OH is 1. The summed E-state index contributed by atoms with van der Waals surface area (Å²) < 4.78 is 49.2. The minimum atomic E-state index is -4.46. The van der Waals surface area contributed by atoms with Crippen molar-refractivity contribution in [2.45, 2.75) is 51.8 Å². The maximum Gasteiger partial charge on any atom is 0.416 e. The third-order valence-electron chi connectivity index (χ3n) is 8.89. The molecule has 1 unspecified atom stereocenters. The van der Waals surface area contributed by atoms with Crippen LogP contribution in [-0.2, 0) is 37.1 Å². The second-order valence-corrected chi connectivity index (χ2v) is 14.0. The van der Waals surface area contributed by atoms with Gasteiger partial charge in [0, 0.05) is 62.5 Å². The molecule has 0 aliphatic heterocycles. The van der Waals surface area contributed by atoms with Crippen molar-refractivity contribution in [2.75, 3.05) is 19.8 Å². The molecule has 0 aliphatic carbocycles. The molecule has 2 aromatic heterocycles. The summed E-state index contributed by atoms with van der Waals surface area (Å²) >= 11 is 6.22. The summed E-state index contributed by atoms with van der Waals surface area (Å²) in [6.45, 7) is 5.52. The summed E-state index contributed by atoms with van der Waals surface area (Å²) in [5.41, 5.74) is 4.46. The summed E-state index contributed by atoms with van der Waals surface area (Å²) in [7, 11) is 0. The smallest absolute Gasteiger partial charge is 0.416 e. The van der Waals surface area contributed by atoms with E-state index in [0.29, 0.717) is 10.6 Å². The Labute approximate surface area is 342 Å². The van der Waals surface area contributed by atoms with E-state index in [1.807, 2.05) is 30.6 Å². The number of hydrogen-bond acceptors (Lipinski definition) is 7. The number of benzene rings is 4. The normalized spacial score (nSPS) is 11.6. The Hall–Kier alpha value is -5.75. The first-order valence-corrected chi connectivity index (χ1v) is 19.1. The van der Waals surface area contributed by atoms with Crippen LogP contribution in [0.2, 0.25) is 5.02 Å². The molecule has 8 nitrogen and oxygen atoms in total. The quantitative estimate of drug-likeness (QED) is 0.0919. The van der Waals surface area contributed by atoms with Crippen molar-refractivity contribution in [1.29, 1.82) is 0 Å². The van der Waals surface area contributed by atoms with Crippen LogP contribution in [0.25, 0.3) is 0 Å². The van der Waals surface area contributed by atoms with Gasteiger partial charge in [-0.1, -0.05) is 90.0 Å². The van der Waals surface area contributed by atoms with E-state index in [1.54, 1.807) is 48.8 Å². The number of carbonyl (C=O) groups excluding carboxylic acids is 1. The van der Waals surface area contributed by atoms with Gasteiger partial charge in [0.05, 0.1) is 12.2 Å². The summed E-state index contributed by atoms with van der Waals surface area (Å²) in [6.07, 6.45) is 1.98. The highest BCUT2D eigenvalue weighted by molar-refractivity contribution is 6.31. The molecule has 4 aromatic carbocycles. The van der Waals surface area contributed by atoms with E-state index in [2.05, 4.69) is 70.3 Å². The number of amides is 1. The van der Waals surface area contributed by atoms with Gasteiger partial charge in [0.15, 0.2) is 6.10 Å². The molecule has 58 heavy (non-hydrogen) atoms. The van der Waals surface area contributed by atoms with E-state index in [1.165, 1.54) is 21.6 Å². The number of alkyl halides is 3. The van der Waals surface area contributed by atoms with E-state index in [-0.39, 0.29) is 18.8 Å². The largest absolute Gasteiger partial charge is 0.494 e. The van der Waals surface area contributed by atoms with E-state index in [9.17, 15) is 23.1 Å². The third kappa shape index (κ3) is 14.6. The molecule has 1 amide bonds. The Morgan fingerprint density at radius 3 is 1.90 bits per heavy atom. The highest BCUT2D eigenvalue weighted by atomic mass is 35.5. The van der Waals surface area contributed by atoms with Crippen LogP contribution in [0.5, 0.6) is 11.5 Å². The molecule has 2 heterocycles. The summed E-state index contributed by atoms with van der Waals surface area (Å²) in [5, 5.41) is 10.9. The fraction of sp³-hybridized carbons (Fsp3) is 0.239. The highest BCUT2D eigenvalue weighted by Crippen LogP contribution is 2.30. The van der Waals surface area contributed by atoms with E-state index in [0.717, 1.165) is 68.2 Å². The molecule has 0 saturated heterocycles. The molecule has 0 bridgehead atoms. The average Bonchev–Trinajstić information content (AvgIpc) is 3.23. The monoisotopic (exact) mass is 810 g/mol. The summed E-state index contributed by atoms with van der Waals surface area (Å²) in [5.74, 6) is 0.438. The molecule has 0 aliphatic rings. The predicted molar refractivity (Wildman–Crippen MR) is 219 cm³/mol. The second kappa shape index (κ2) is 22.3. The van der Waals surface area contributed by atoms with Gasteiger partial charge in [-0.3, -0.25) is 19.7 Å². The van der Waals surface area contributed by atoms with Gasteiger partial charge < -0.3 is 19.5 Å². The molecule has 302 valence electrons.